The van der Waals surface area contributed by atoms with Crippen molar-refractivity contribution in [2.24, 2.45) is 0 Å². The van der Waals surface area contributed by atoms with Crippen LogP contribution in [0, 0.1) is 0 Å². The lowest BCUT2D eigenvalue weighted by atomic mass is 10.1. The fraction of sp³-hybridized carbons (Fsp3) is 0.200. The Bertz CT molecular complexity index is 957. The van der Waals surface area contributed by atoms with Crippen LogP contribution in [0.5, 0.6) is 11.5 Å². The molecule has 0 saturated carbocycles. The van der Waals surface area contributed by atoms with E-state index in [-0.39, 0.29) is 12.5 Å². The van der Waals surface area contributed by atoms with Gasteiger partial charge in [-0.05, 0) is 35.7 Å². The summed E-state index contributed by atoms with van der Waals surface area (Å²) in [5.74, 6) is 0.738. The van der Waals surface area contributed by atoms with Gasteiger partial charge in [-0.15, -0.1) is 0 Å². The standard InChI is InChI=1S/C25H25NO4/c1-29-24-16-22(18-27)12-13-23(24)30-19-25(28)26(17-21-10-6-3-7-11-21)15-14-20-8-4-2-5-9-20/h2-13,16,18H,14-15,17,19H2,1H3. The molecule has 0 aromatic heterocycles. The molecular formula is C25H25NO4. The Morgan fingerprint density at radius 3 is 2.20 bits per heavy atom. The van der Waals surface area contributed by atoms with Crippen LogP contribution >= 0.6 is 0 Å². The maximum atomic E-state index is 13.0. The summed E-state index contributed by atoms with van der Waals surface area (Å²) in [7, 11) is 1.50. The molecule has 1 amide bonds. The highest BCUT2D eigenvalue weighted by molar-refractivity contribution is 5.78. The topological polar surface area (TPSA) is 55.8 Å². The molecule has 0 aliphatic rings. The normalized spacial score (nSPS) is 10.3. The number of rotatable bonds is 10. The molecule has 0 aliphatic heterocycles. The summed E-state index contributed by atoms with van der Waals surface area (Å²) in [6.07, 6.45) is 1.50. The average Bonchev–Trinajstić information content (AvgIpc) is 2.81. The van der Waals surface area contributed by atoms with Gasteiger partial charge in [0.15, 0.2) is 18.1 Å². The first kappa shape index (κ1) is 21.1. The van der Waals surface area contributed by atoms with Gasteiger partial charge in [0, 0.05) is 18.7 Å². The molecular weight excluding hydrogens is 378 g/mol. The highest BCUT2D eigenvalue weighted by Crippen LogP contribution is 2.27. The van der Waals surface area contributed by atoms with Crippen LogP contribution in [0.4, 0.5) is 0 Å². The van der Waals surface area contributed by atoms with Gasteiger partial charge < -0.3 is 14.4 Å². The number of amides is 1. The molecule has 5 heteroatoms. The van der Waals surface area contributed by atoms with Gasteiger partial charge in [0.25, 0.3) is 5.91 Å². The molecule has 0 fully saturated rings. The summed E-state index contributed by atoms with van der Waals surface area (Å²) < 4.78 is 11.0. The van der Waals surface area contributed by atoms with Crippen molar-refractivity contribution in [2.75, 3.05) is 20.3 Å². The molecule has 3 aromatic carbocycles. The van der Waals surface area contributed by atoms with Crippen molar-refractivity contribution < 1.29 is 19.1 Å². The van der Waals surface area contributed by atoms with Crippen LogP contribution in [-0.2, 0) is 17.8 Å². The third-order valence-corrected chi connectivity index (χ3v) is 4.76. The number of nitrogens with zero attached hydrogens (tertiary/aromatic N) is 1. The molecule has 0 unspecified atom stereocenters. The minimum atomic E-state index is -0.115. The molecule has 0 aliphatic carbocycles. The molecule has 0 spiro atoms. The van der Waals surface area contributed by atoms with E-state index in [1.54, 1.807) is 23.1 Å². The van der Waals surface area contributed by atoms with Crippen LogP contribution in [0.2, 0.25) is 0 Å². The lowest BCUT2D eigenvalue weighted by molar-refractivity contribution is -0.134. The quantitative estimate of drug-likeness (QED) is 0.477. The monoisotopic (exact) mass is 403 g/mol. The molecule has 5 nitrogen and oxygen atoms in total. The van der Waals surface area contributed by atoms with Gasteiger partial charge in [0.05, 0.1) is 7.11 Å². The Hall–Kier alpha value is -3.60. The second-order valence-corrected chi connectivity index (χ2v) is 6.85. The van der Waals surface area contributed by atoms with Gasteiger partial charge in [0.1, 0.15) is 6.29 Å². The molecule has 0 bridgehead atoms. The van der Waals surface area contributed by atoms with Crippen molar-refractivity contribution in [1.29, 1.82) is 0 Å². The second-order valence-electron chi connectivity index (χ2n) is 6.85. The Morgan fingerprint density at radius 2 is 1.57 bits per heavy atom. The largest absolute Gasteiger partial charge is 0.493 e. The number of aldehydes is 1. The van der Waals surface area contributed by atoms with Crippen molar-refractivity contribution in [3.8, 4) is 11.5 Å². The van der Waals surface area contributed by atoms with Crippen LogP contribution in [-0.4, -0.2) is 37.4 Å². The summed E-state index contributed by atoms with van der Waals surface area (Å²) in [6.45, 7) is 0.984. The highest BCUT2D eigenvalue weighted by Gasteiger charge is 2.16. The molecule has 0 N–H and O–H groups in total. The molecule has 30 heavy (non-hydrogen) atoms. The van der Waals surface area contributed by atoms with E-state index in [0.717, 1.165) is 18.3 Å². The Balaban J connectivity index is 1.68. The van der Waals surface area contributed by atoms with E-state index in [1.807, 2.05) is 48.5 Å². The summed E-state index contributed by atoms with van der Waals surface area (Å²) in [4.78, 5) is 25.7. The van der Waals surface area contributed by atoms with Crippen molar-refractivity contribution in [1.82, 2.24) is 4.90 Å². The third kappa shape index (κ3) is 5.95. The average molecular weight is 403 g/mol. The number of carbonyl (C=O) groups excluding carboxylic acids is 2. The van der Waals surface area contributed by atoms with Gasteiger partial charge in [0.2, 0.25) is 0 Å². The molecule has 0 heterocycles. The Morgan fingerprint density at radius 1 is 0.900 bits per heavy atom. The minimum Gasteiger partial charge on any atom is -0.493 e. The fourth-order valence-electron chi connectivity index (χ4n) is 3.11. The van der Waals surface area contributed by atoms with Crippen LogP contribution in [0.1, 0.15) is 21.5 Å². The van der Waals surface area contributed by atoms with E-state index in [1.165, 1.54) is 12.7 Å². The van der Waals surface area contributed by atoms with Crippen molar-refractivity contribution in [3.05, 3.63) is 95.6 Å². The van der Waals surface area contributed by atoms with Crippen LogP contribution in [0.3, 0.4) is 0 Å². The van der Waals surface area contributed by atoms with Crippen LogP contribution in [0.25, 0.3) is 0 Å². The van der Waals surface area contributed by atoms with E-state index in [4.69, 9.17) is 9.47 Å². The summed E-state index contributed by atoms with van der Waals surface area (Å²) in [5.41, 5.74) is 2.72. The molecule has 3 rings (SSSR count). The Kier molecular flexibility index (Phi) is 7.61. The number of carbonyl (C=O) groups is 2. The smallest absolute Gasteiger partial charge is 0.260 e. The zero-order chi connectivity index (χ0) is 21.2. The maximum Gasteiger partial charge on any atom is 0.260 e. The first-order chi connectivity index (χ1) is 14.7. The second kappa shape index (κ2) is 10.8. The van der Waals surface area contributed by atoms with E-state index < -0.39 is 0 Å². The number of ether oxygens (including phenoxy) is 2. The number of hydrogen-bond donors (Lipinski definition) is 0. The van der Waals surface area contributed by atoms with Gasteiger partial charge in [-0.1, -0.05) is 60.7 Å². The van der Waals surface area contributed by atoms with Crippen molar-refractivity contribution >= 4 is 12.2 Å². The number of methoxy groups -OCH3 is 1. The summed E-state index contributed by atoms with van der Waals surface area (Å²) >= 11 is 0. The zero-order valence-corrected chi connectivity index (χ0v) is 17.0. The van der Waals surface area contributed by atoms with Crippen LogP contribution in [0.15, 0.2) is 78.9 Å². The number of hydrogen-bond acceptors (Lipinski definition) is 4. The predicted octanol–water partition coefficient (Wildman–Crippen LogP) is 4.16. The minimum absolute atomic E-state index is 0.113. The molecule has 154 valence electrons. The van der Waals surface area contributed by atoms with Crippen LogP contribution < -0.4 is 9.47 Å². The van der Waals surface area contributed by atoms with E-state index in [9.17, 15) is 9.59 Å². The molecule has 0 radical (unpaired) electrons. The van der Waals surface area contributed by atoms with E-state index in [2.05, 4.69) is 12.1 Å². The maximum absolute atomic E-state index is 13.0. The SMILES string of the molecule is COc1cc(C=O)ccc1OCC(=O)N(CCc1ccccc1)Cc1ccccc1. The summed E-state index contributed by atoms with van der Waals surface area (Å²) in [6, 6.07) is 24.8. The number of benzene rings is 3. The van der Waals surface area contributed by atoms with Gasteiger partial charge >= 0.3 is 0 Å². The fourth-order valence-corrected chi connectivity index (χ4v) is 3.11. The lowest BCUT2D eigenvalue weighted by Crippen LogP contribution is -2.36. The van der Waals surface area contributed by atoms with Gasteiger partial charge in [-0.2, -0.15) is 0 Å². The molecule has 0 saturated heterocycles. The highest BCUT2D eigenvalue weighted by atomic mass is 16.5. The lowest BCUT2D eigenvalue weighted by Gasteiger charge is -2.23. The van der Waals surface area contributed by atoms with Gasteiger partial charge in [-0.3, -0.25) is 9.59 Å². The zero-order valence-electron chi connectivity index (χ0n) is 17.0. The van der Waals surface area contributed by atoms with E-state index >= 15 is 0 Å². The van der Waals surface area contributed by atoms with E-state index in [0.29, 0.717) is 30.2 Å². The van der Waals surface area contributed by atoms with Gasteiger partial charge in [-0.25, -0.2) is 0 Å². The van der Waals surface area contributed by atoms with Crippen molar-refractivity contribution in [3.63, 3.8) is 0 Å². The third-order valence-electron chi connectivity index (χ3n) is 4.76. The summed E-state index contributed by atoms with van der Waals surface area (Å²) in [5, 5.41) is 0. The predicted molar refractivity (Wildman–Crippen MR) is 116 cm³/mol. The first-order valence-corrected chi connectivity index (χ1v) is 9.81. The Labute approximate surface area is 176 Å². The molecule has 0 atom stereocenters. The van der Waals surface area contributed by atoms with Crippen molar-refractivity contribution in [2.45, 2.75) is 13.0 Å². The molecule has 3 aromatic rings. The first-order valence-electron chi connectivity index (χ1n) is 9.81.